The van der Waals surface area contributed by atoms with E-state index in [0.717, 1.165) is 38.0 Å². The van der Waals surface area contributed by atoms with Crippen LogP contribution in [0.15, 0.2) is 12.4 Å². The van der Waals surface area contributed by atoms with E-state index in [2.05, 4.69) is 22.2 Å². The number of carbonyl (C=O) groups excluding carboxylic acids is 1. The van der Waals surface area contributed by atoms with E-state index in [1.165, 1.54) is 0 Å². The van der Waals surface area contributed by atoms with Gasteiger partial charge in [0, 0.05) is 25.3 Å². The van der Waals surface area contributed by atoms with Gasteiger partial charge in [0.2, 0.25) is 5.91 Å². The molecule has 0 aliphatic carbocycles. The van der Waals surface area contributed by atoms with Gasteiger partial charge in [-0.2, -0.15) is 5.10 Å². The molecule has 1 aromatic rings. The first-order valence-corrected chi connectivity index (χ1v) is 6.68. The minimum absolute atomic E-state index is 0.0630. The molecule has 0 unspecified atom stereocenters. The third-order valence-corrected chi connectivity index (χ3v) is 3.47. The summed E-state index contributed by atoms with van der Waals surface area (Å²) < 4.78 is 1.69. The number of carbonyl (C=O) groups is 1. The molecular weight excluding hydrogens is 228 g/mol. The highest BCUT2D eigenvalue weighted by Crippen LogP contribution is 2.09. The summed E-state index contributed by atoms with van der Waals surface area (Å²) in [5.74, 6) is 0.0630. The summed E-state index contributed by atoms with van der Waals surface area (Å²) in [7, 11) is 0. The lowest BCUT2D eigenvalue weighted by Gasteiger charge is -2.31. The Hall–Kier alpha value is -1.36. The van der Waals surface area contributed by atoms with Crippen LogP contribution >= 0.6 is 0 Å². The summed E-state index contributed by atoms with van der Waals surface area (Å²) in [6.07, 6.45) is 5.77. The topological polar surface area (TPSA) is 50.2 Å². The average Bonchev–Trinajstić information content (AvgIpc) is 2.75. The summed E-state index contributed by atoms with van der Waals surface area (Å²) >= 11 is 0. The third-order valence-electron chi connectivity index (χ3n) is 3.47. The Morgan fingerprint density at radius 3 is 2.78 bits per heavy atom. The SMILES string of the molecule is CCN1CCC(NC(=O)Cn2cc(C)cn2)CC1. The van der Waals surface area contributed by atoms with Gasteiger partial charge in [0.05, 0.1) is 6.20 Å². The molecule has 1 aromatic heterocycles. The third kappa shape index (κ3) is 3.57. The lowest BCUT2D eigenvalue weighted by molar-refractivity contribution is -0.122. The van der Waals surface area contributed by atoms with Crippen molar-refractivity contribution < 1.29 is 4.79 Å². The average molecular weight is 250 g/mol. The molecular formula is C13H22N4O. The molecule has 1 aliphatic rings. The number of hydrogen-bond acceptors (Lipinski definition) is 3. The van der Waals surface area contributed by atoms with Crippen molar-refractivity contribution in [2.45, 2.75) is 39.3 Å². The van der Waals surface area contributed by atoms with E-state index in [1.54, 1.807) is 10.9 Å². The number of aromatic nitrogens is 2. The number of nitrogens with one attached hydrogen (secondary N) is 1. The van der Waals surface area contributed by atoms with E-state index in [-0.39, 0.29) is 5.91 Å². The molecule has 2 heterocycles. The van der Waals surface area contributed by atoms with E-state index in [1.807, 2.05) is 13.1 Å². The van der Waals surface area contributed by atoms with Gasteiger partial charge in [-0.25, -0.2) is 0 Å². The van der Waals surface area contributed by atoms with Crippen molar-refractivity contribution in [1.82, 2.24) is 20.0 Å². The summed E-state index contributed by atoms with van der Waals surface area (Å²) in [5.41, 5.74) is 1.08. The van der Waals surface area contributed by atoms with E-state index in [4.69, 9.17) is 0 Å². The van der Waals surface area contributed by atoms with Gasteiger partial charge in [-0.15, -0.1) is 0 Å². The fourth-order valence-electron chi connectivity index (χ4n) is 2.37. The van der Waals surface area contributed by atoms with Gasteiger partial charge < -0.3 is 10.2 Å². The van der Waals surface area contributed by atoms with Gasteiger partial charge in [-0.1, -0.05) is 6.92 Å². The van der Waals surface area contributed by atoms with E-state index >= 15 is 0 Å². The Morgan fingerprint density at radius 1 is 1.50 bits per heavy atom. The highest BCUT2D eigenvalue weighted by molar-refractivity contribution is 5.75. The Morgan fingerprint density at radius 2 is 2.22 bits per heavy atom. The van der Waals surface area contributed by atoms with Crippen LogP contribution in [-0.2, 0) is 11.3 Å². The van der Waals surface area contributed by atoms with Crippen molar-refractivity contribution >= 4 is 5.91 Å². The number of piperidine rings is 1. The van der Waals surface area contributed by atoms with Crippen molar-refractivity contribution in [3.8, 4) is 0 Å². The zero-order chi connectivity index (χ0) is 13.0. The number of amides is 1. The molecule has 0 saturated carbocycles. The molecule has 0 bridgehead atoms. The highest BCUT2D eigenvalue weighted by atomic mass is 16.2. The largest absolute Gasteiger partial charge is 0.352 e. The Kier molecular flexibility index (Phi) is 4.36. The second-order valence-corrected chi connectivity index (χ2v) is 4.99. The molecule has 0 radical (unpaired) electrons. The fourth-order valence-corrected chi connectivity index (χ4v) is 2.37. The van der Waals surface area contributed by atoms with Crippen molar-refractivity contribution in [1.29, 1.82) is 0 Å². The zero-order valence-corrected chi connectivity index (χ0v) is 11.2. The van der Waals surface area contributed by atoms with Crippen LogP contribution in [0.2, 0.25) is 0 Å². The minimum Gasteiger partial charge on any atom is -0.352 e. The summed E-state index contributed by atoms with van der Waals surface area (Å²) in [5, 5.41) is 7.22. The Balaban J connectivity index is 1.75. The van der Waals surface area contributed by atoms with E-state index in [0.29, 0.717) is 12.6 Å². The monoisotopic (exact) mass is 250 g/mol. The smallest absolute Gasteiger partial charge is 0.241 e. The summed E-state index contributed by atoms with van der Waals surface area (Å²) in [6, 6.07) is 0.331. The maximum absolute atomic E-state index is 11.9. The molecule has 1 saturated heterocycles. The second-order valence-electron chi connectivity index (χ2n) is 4.99. The predicted molar refractivity (Wildman–Crippen MR) is 70.2 cm³/mol. The Labute approximate surface area is 108 Å². The standard InChI is InChI=1S/C13H22N4O/c1-3-16-6-4-12(5-7-16)15-13(18)10-17-9-11(2)8-14-17/h8-9,12H,3-7,10H2,1-2H3,(H,15,18). The number of likely N-dealkylation sites (tertiary alicyclic amines) is 1. The van der Waals surface area contributed by atoms with Crippen LogP contribution < -0.4 is 5.32 Å². The minimum atomic E-state index is 0.0630. The van der Waals surface area contributed by atoms with Crippen LogP contribution in [0, 0.1) is 6.92 Å². The maximum atomic E-state index is 11.9. The first-order valence-electron chi connectivity index (χ1n) is 6.68. The number of hydrogen-bond donors (Lipinski definition) is 1. The van der Waals surface area contributed by atoms with Gasteiger partial charge >= 0.3 is 0 Å². The van der Waals surface area contributed by atoms with Gasteiger partial charge in [-0.3, -0.25) is 9.48 Å². The molecule has 0 atom stereocenters. The molecule has 1 aliphatic heterocycles. The first-order chi connectivity index (χ1) is 8.67. The predicted octanol–water partition coefficient (Wildman–Crippen LogP) is 0.792. The first kappa shape index (κ1) is 13.1. The van der Waals surface area contributed by atoms with Crippen LogP contribution in [0.25, 0.3) is 0 Å². The maximum Gasteiger partial charge on any atom is 0.241 e. The summed E-state index contributed by atoms with van der Waals surface area (Å²) in [6.45, 7) is 7.75. The second kappa shape index (κ2) is 6.00. The quantitative estimate of drug-likeness (QED) is 0.859. The van der Waals surface area contributed by atoms with Gasteiger partial charge in [-0.05, 0) is 31.9 Å². The molecule has 18 heavy (non-hydrogen) atoms. The molecule has 5 heteroatoms. The number of aryl methyl sites for hydroxylation is 1. The lowest BCUT2D eigenvalue weighted by atomic mass is 10.1. The number of rotatable bonds is 4. The molecule has 100 valence electrons. The molecule has 1 amide bonds. The van der Waals surface area contributed by atoms with Crippen LogP contribution in [-0.4, -0.2) is 46.3 Å². The van der Waals surface area contributed by atoms with Crippen LogP contribution in [0.3, 0.4) is 0 Å². The Bertz CT molecular complexity index is 393. The van der Waals surface area contributed by atoms with Crippen molar-refractivity contribution in [3.63, 3.8) is 0 Å². The molecule has 0 aromatic carbocycles. The molecule has 2 rings (SSSR count). The van der Waals surface area contributed by atoms with Gasteiger partial charge in [0.15, 0.2) is 0 Å². The van der Waals surface area contributed by atoms with E-state index < -0.39 is 0 Å². The fraction of sp³-hybridized carbons (Fsp3) is 0.692. The normalized spacial score (nSPS) is 17.9. The van der Waals surface area contributed by atoms with Crippen molar-refractivity contribution in [3.05, 3.63) is 18.0 Å². The van der Waals surface area contributed by atoms with Crippen molar-refractivity contribution in [2.75, 3.05) is 19.6 Å². The lowest BCUT2D eigenvalue weighted by Crippen LogP contribution is -2.45. The number of nitrogens with zero attached hydrogens (tertiary/aromatic N) is 3. The molecule has 1 fully saturated rings. The highest BCUT2D eigenvalue weighted by Gasteiger charge is 2.19. The van der Waals surface area contributed by atoms with Gasteiger partial charge in [0.1, 0.15) is 6.54 Å². The van der Waals surface area contributed by atoms with Crippen LogP contribution in [0.5, 0.6) is 0 Å². The van der Waals surface area contributed by atoms with E-state index in [9.17, 15) is 4.79 Å². The summed E-state index contributed by atoms with van der Waals surface area (Å²) in [4.78, 5) is 14.3. The molecule has 0 spiro atoms. The van der Waals surface area contributed by atoms with Crippen LogP contribution in [0.1, 0.15) is 25.3 Å². The van der Waals surface area contributed by atoms with Gasteiger partial charge in [0.25, 0.3) is 0 Å². The molecule has 1 N–H and O–H groups in total. The van der Waals surface area contributed by atoms with Crippen molar-refractivity contribution in [2.24, 2.45) is 0 Å². The molecule has 5 nitrogen and oxygen atoms in total. The van der Waals surface area contributed by atoms with Crippen LogP contribution in [0.4, 0.5) is 0 Å². The zero-order valence-electron chi connectivity index (χ0n) is 11.2.